The Morgan fingerprint density at radius 2 is 1.85 bits per heavy atom. The summed E-state index contributed by atoms with van der Waals surface area (Å²) in [6.45, 7) is 0.901. The lowest BCUT2D eigenvalue weighted by Gasteiger charge is -2.40. The van der Waals surface area contributed by atoms with Gasteiger partial charge in [-0.2, -0.15) is 0 Å². The van der Waals surface area contributed by atoms with Gasteiger partial charge in [0.1, 0.15) is 0 Å². The molecule has 2 amide bonds. The first-order chi connectivity index (χ1) is 9.60. The van der Waals surface area contributed by atoms with Crippen molar-refractivity contribution >= 4 is 12.0 Å². The number of carboxylic acids is 1. The molecule has 1 saturated carbocycles. The topological polar surface area (TPSA) is 78.4 Å². The van der Waals surface area contributed by atoms with Crippen molar-refractivity contribution in [3.63, 3.8) is 0 Å². The van der Waals surface area contributed by atoms with Gasteiger partial charge in [-0.3, -0.25) is 4.79 Å². The third-order valence-corrected chi connectivity index (χ3v) is 3.86. The summed E-state index contributed by atoms with van der Waals surface area (Å²) in [5, 5.41) is 14.5. The van der Waals surface area contributed by atoms with Gasteiger partial charge >= 0.3 is 12.0 Å². The van der Waals surface area contributed by atoms with Crippen LogP contribution in [-0.2, 0) is 11.3 Å². The number of benzene rings is 1. The molecule has 0 aromatic heterocycles. The van der Waals surface area contributed by atoms with Crippen LogP contribution in [0.15, 0.2) is 30.3 Å². The van der Waals surface area contributed by atoms with E-state index in [0.29, 0.717) is 13.1 Å². The van der Waals surface area contributed by atoms with E-state index in [-0.39, 0.29) is 17.9 Å². The molecule has 2 rings (SSSR count). The Kier molecular flexibility index (Phi) is 4.61. The van der Waals surface area contributed by atoms with E-state index in [9.17, 15) is 9.59 Å². The highest BCUT2D eigenvalue weighted by Gasteiger charge is 2.39. The second-order valence-electron chi connectivity index (χ2n) is 5.45. The van der Waals surface area contributed by atoms with Gasteiger partial charge in [0.2, 0.25) is 0 Å². The van der Waals surface area contributed by atoms with Gasteiger partial charge in [0.25, 0.3) is 0 Å². The zero-order chi connectivity index (χ0) is 14.4. The second kappa shape index (κ2) is 6.41. The average molecular weight is 276 g/mol. The highest BCUT2D eigenvalue weighted by atomic mass is 16.4. The number of urea groups is 1. The van der Waals surface area contributed by atoms with E-state index in [1.54, 1.807) is 0 Å². The van der Waals surface area contributed by atoms with Gasteiger partial charge in [0.15, 0.2) is 0 Å². The minimum Gasteiger partial charge on any atom is -0.481 e. The van der Waals surface area contributed by atoms with Gasteiger partial charge in [-0.25, -0.2) is 4.79 Å². The normalized spacial score (nSPS) is 16.0. The average Bonchev–Trinajstić information content (AvgIpc) is 2.40. The lowest BCUT2D eigenvalue weighted by atomic mass is 9.66. The molecule has 1 aliphatic carbocycles. The Hall–Kier alpha value is -2.04. The van der Waals surface area contributed by atoms with Crippen molar-refractivity contribution in [1.82, 2.24) is 10.6 Å². The predicted octanol–water partition coefficient (Wildman–Crippen LogP) is 2.13. The van der Waals surface area contributed by atoms with Crippen LogP contribution in [-0.4, -0.2) is 23.7 Å². The number of hydrogen-bond acceptors (Lipinski definition) is 2. The highest BCUT2D eigenvalue weighted by molar-refractivity contribution is 5.74. The van der Waals surface area contributed by atoms with Crippen LogP contribution >= 0.6 is 0 Å². The van der Waals surface area contributed by atoms with E-state index in [1.807, 2.05) is 30.3 Å². The summed E-state index contributed by atoms with van der Waals surface area (Å²) in [7, 11) is 0. The first-order valence-electron chi connectivity index (χ1n) is 6.87. The molecule has 1 fully saturated rings. The lowest BCUT2D eigenvalue weighted by Crippen LogP contribution is -2.46. The lowest BCUT2D eigenvalue weighted by molar-refractivity contribution is -0.141. The van der Waals surface area contributed by atoms with Crippen molar-refractivity contribution in [3.05, 3.63) is 35.9 Å². The molecule has 3 N–H and O–H groups in total. The molecule has 0 bridgehead atoms. The summed E-state index contributed by atoms with van der Waals surface area (Å²) in [4.78, 5) is 22.6. The van der Waals surface area contributed by atoms with Crippen molar-refractivity contribution in [2.75, 3.05) is 6.54 Å². The van der Waals surface area contributed by atoms with Gasteiger partial charge in [0.05, 0.1) is 6.42 Å². The Bertz CT molecular complexity index is 469. The highest BCUT2D eigenvalue weighted by Crippen LogP contribution is 2.43. The minimum atomic E-state index is -0.795. The van der Waals surface area contributed by atoms with Gasteiger partial charge in [-0.05, 0) is 23.8 Å². The molecule has 5 heteroatoms. The number of nitrogens with one attached hydrogen (secondary N) is 2. The van der Waals surface area contributed by atoms with Crippen molar-refractivity contribution < 1.29 is 14.7 Å². The first kappa shape index (κ1) is 14.4. The number of carbonyl (C=O) groups is 2. The standard InChI is InChI=1S/C15H20N2O3/c18-13(19)9-15(7-4-8-15)11-17-14(20)16-10-12-5-2-1-3-6-12/h1-3,5-6H,4,7-11H2,(H,18,19)(H2,16,17,20). The molecule has 1 aromatic carbocycles. The Labute approximate surface area is 118 Å². The minimum absolute atomic E-state index is 0.131. The van der Waals surface area contributed by atoms with Crippen molar-refractivity contribution in [1.29, 1.82) is 0 Å². The smallest absolute Gasteiger partial charge is 0.315 e. The quantitative estimate of drug-likeness (QED) is 0.744. The maximum absolute atomic E-state index is 11.7. The van der Waals surface area contributed by atoms with E-state index in [4.69, 9.17) is 5.11 Å². The van der Waals surface area contributed by atoms with Gasteiger partial charge in [-0.1, -0.05) is 36.8 Å². The van der Waals surface area contributed by atoms with Crippen LogP contribution in [0.3, 0.4) is 0 Å². The third-order valence-electron chi connectivity index (χ3n) is 3.86. The van der Waals surface area contributed by atoms with Crippen LogP contribution in [0.25, 0.3) is 0 Å². The van der Waals surface area contributed by atoms with E-state index < -0.39 is 5.97 Å². The molecule has 1 aliphatic rings. The molecule has 0 radical (unpaired) electrons. The van der Waals surface area contributed by atoms with Crippen LogP contribution in [0.5, 0.6) is 0 Å². The van der Waals surface area contributed by atoms with Crippen LogP contribution in [0.2, 0.25) is 0 Å². The molecule has 0 unspecified atom stereocenters. The van der Waals surface area contributed by atoms with Crippen LogP contribution in [0.4, 0.5) is 4.79 Å². The Balaban J connectivity index is 1.73. The summed E-state index contributed by atoms with van der Waals surface area (Å²) in [5.41, 5.74) is 0.794. The van der Waals surface area contributed by atoms with E-state index in [2.05, 4.69) is 10.6 Å². The van der Waals surface area contributed by atoms with Crippen molar-refractivity contribution in [2.45, 2.75) is 32.2 Å². The van der Waals surface area contributed by atoms with Crippen LogP contribution in [0.1, 0.15) is 31.2 Å². The fourth-order valence-electron chi connectivity index (χ4n) is 2.52. The number of carboxylic acid groups (broad SMARTS) is 1. The molecule has 0 saturated heterocycles. The zero-order valence-corrected chi connectivity index (χ0v) is 11.4. The zero-order valence-electron chi connectivity index (χ0n) is 11.4. The maximum atomic E-state index is 11.7. The molecule has 20 heavy (non-hydrogen) atoms. The van der Waals surface area contributed by atoms with E-state index >= 15 is 0 Å². The fraction of sp³-hybridized carbons (Fsp3) is 0.467. The molecular formula is C15H20N2O3. The fourth-order valence-corrected chi connectivity index (χ4v) is 2.52. The third kappa shape index (κ3) is 3.98. The van der Waals surface area contributed by atoms with Gasteiger partial charge < -0.3 is 15.7 Å². The SMILES string of the molecule is O=C(O)CC1(CNC(=O)NCc2ccccc2)CCC1. The molecule has 108 valence electrons. The number of carbonyl (C=O) groups excluding carboxylic acids is 1. The summed E-state index contributed by atoms with van der Waals surface area (Å²) < 4.78 is 0. The summed E-state index contributed by atoms with van der Waals surface area (Å²) in [5.74, 6) is -0.795. The van der Waals surface area contributed by atoms with Crippen LogP contribution in [0, 0.1) is 5.41 Å². The molecule has 0 spiro atoms. The molecule has 5 nitrogen and oxygen atoms in total. The number of rotatable bonds is 6. The van der Waals surface area contributed by atoms with Crippen LogP contribution < -0.4 is 10.6 Å². The van der Waals surface area contributed by atoms with Crippen molar-refractivity contribution in [3.8, 4) is 0 Å². The second-order valence-corrected chi connectivity index (χ2v) is 5.45. The summed E-state index contributed by atoms with van der Waals surface area (Å²) in [6, 6.07) is 9.41. The summed E-state index contributed by atoms with van der Waals surface area (Å²) in [6.07, 6.45) is 2.92. The van der Waals surface area contributed by atoms with Crippen molar-refractivity contribution in [2.24, 2.45) is 5.41 Å². The van der Waals surface area contributed by atoms with E-state index in [0.717, 1.165) is 24.8 Å². The largest absolute Gasteiger partial charge is 0.481 e. The van der Waals surface area contributed by atoms with Gasteiger partial charge in [0, 0.05) is 13.1 Å². The molecule has 0 heterocycles. The number of hydrogen-bond donors (Lipinski definition) is 3. The maximum Gasteiger partial charge on any atom is 0.315 e. The molecule has 0 aliphatic heterocycles. The summed E-state index contributed by atoms with van der Waals surface area (Å²) >= 11 is 0. The monoisotopic (exact) mass is 276 g/mol. The first-order valence-corrected chi connectivity index (χ1v) is 6.87. The Morgan fingerprint density at radius 3 is 2.40 bits per heavy atom. The van der Waals surface area contributed by atoms with Gasteiger partial charge in [-0.15, -0.1) is 0 Å². The molecular weight excluding hydrogens is 256 g/mol. The molecule has 0 atom stereocenters. The Morgan fingerprint density at radius 1 is 1.15 bits per heavy atom. The van der Waals surface area contributed by atoms with E-state index in [1.165, 1.54) is 0 Å². The predicted molar refractivity (Wildman–Crippen MR) is 75.2 cm³/mol. The molecule has 1 aromatic rings. The number of amides is 2. The number of aliphatic carboxylic acids is 1.